The van der Waals surface area contributed by atoms with Crippen molar-refractivity contribution in [3.63, 3.8) is 0 Å². The third-order valence-corrected chi connectivity index (χ3v) is 14.7. The fourth-order valence-electron chi connectivity index (χ4n) is 8.11. The number of benzene rings is 2. The summed E-state index contributed by atoms with van der Waals surface area (Å²) >= 11 is 3.03. The molecule has 1 aliphatic carbocycles. The van der Waals surface area contributed by atoms with E-state index in [4.69, 9.17) is 21.6 Å². The average molecular weight is 981 g/mol. The second-order valence-corrected chi connectivity index (χ2v) is 20.6. The molecule has 0 radical (unpaired) electrons. The summed E-state index contributed by atoms with van der Waals surface area (Å²) in [7, 11) is 0. The number of ether oxygens (including phenoxy) is 1. The second-order valence-electron chi connectivity index (χ2n) is 17.7. The highest BCUT2D eigenvalue weighted by molar-refractivity contribution is 8.16. The highest BCUT2D eigenvalue weighted by Crippen LogP contribution is 2.44. The number of nitrogens with one attached hydrogen (secondary N) is 8. The molecule has 1 saturated heterocycles. The molecule has 4 rings (SSSR count). The van der Waals surface area contributed by atoms with Gasteiger partial charge in [0.05, 0.1) is 19.2 Å². The minimum Gasteiger partial charge on any atom is -0.494 e. The van der Waals surface area contributed by atoms with E-state index in [9.17, 15) is 33.6 Å². The van der Waals surface area contributed by atoms with Crippen LogP contribution in [0, 0.1) is 11.3 Å². The first-order chi connectivity index (χ1) is 32.6. The fourth-order valence-corrected chi connectivity index (χ4v) is 11.1. The van der Waals surface area contributed by atoms with E-state index in [0.29, 0.717) is 37.0 Å². The average Bonchev–Trinajstić information content (AvgIpc) is 3.31. The number of thioether (sulfide) groups is 2. The Balaban J connectivity index is 1.68. The highest BCUT2D eigenvalue weighted by atomic mass is 32.2. The molecule has 12 N–H and O–H groups in total. The second kappa shape index (κ2) is 29.0. The number of unbranched alkanes of at least 4 members (excludes halogenated alkanes) is 2. The molecule has 374 valence electrons. The third-order valence-electron chi connectivity index (χ3n) is 11.9. The van der Waals surface area contributed by atoms with Gasteiger partial charge in [0.15, 0.2) is 0 Å². The zero-order valence-corrected chi connectivity index (χ0v) is 41.2. The van der Waals surface area contributed by atoms with Gasteiger partial charge in [-0.15, -0.1) is 23.5 Å². The number of carbonyl (C=O) groups is 7. The maximum atomic E-state index is 14.5. The lowest BCUT2D eigenvalue weighted by atomic mass is 9.85. The zero-order chi connectivity index (χ0) is 49.5. The minimum atomic E-state index is -1.49. The SMILES string of the molecule is CCOc1ccc(C[C@H]2NC(=O)CC3(CCCCC3)SCSC[C@H](C(=O)NCCCCCNC(N)C=N)NC(=O)[C@@H](CC(N)=O)NC(=O)[C@H](C(C)C)NC(=O)[C@@H](Cc3ccccc3)NC2=O)cc1. The highest BCUT2D eigenvalue weighted by Gasteiger charge is 2.38. The summed E-state index contributed by atoms with van der Waals surface area (Å²) in [5, 5.41) is 27.7. The molecule has 1 heterocycles. The van der Waals surface area contributed by atoms with Gasteiger partial charge in [-0.3, -0.25) is 38.9 Å². The zero-order valence-electron chi connectivity index (χ0n) is 39.6. The van der Waals surface area contributed by atoms with Gasteiger partial charge in [0.25, 0.3) is 0 Å². The van der Waals surface area contributed by atoms with Crippen molar-refractivity contribution in [1.82, 2.24) is 37.2 Å². The van der Waals surface area contributed by atoms with Crippen LogP contribution >= 0.6 is 23.5 Å². The number of hydrogen-bond acceptors (Lipinski definition) is 13. The molecule has 1 spiro atoms. The maximum Gasteiger partial charge on any atom is 0.243 e. The van der Waals surface area contributed by atoms with Gasteiger partial charge < -0.3 is 53.5 Å². The Labute approximate surface area is 408 Å². The number of carbonyl (C=O) groups excluding carboxylic acids is 7. The fraction of sp³-hybridized carbons (Fsp3) is 0.583. The molecule has 2 aromatic carbocycles. The van der Waals surface area contributed by atoms with Gasteiger partial charge in [-0.05, 0) is 68.3 Å². The Morgan fingerprint density at radius 1 is 0.809 bits per heavy atom. The molecule has 6 atom stereocenters. The first-order valence-electron chi connectivity index (χ1n) is 23.7. The van der Waals surface area contributed by atoms with Crippen LogP contribution in [0.4, 0.5) is 0 Å². The van der Waals surface area contributed by atoms with Gasteiger partial charge in [0.1, 0.15) is 36.0 Å². The van der Waals surface area contributed by atoms with Crippen LogP contribution in [0.3, 0.4) is 0 Å². The molecule has 2 fully saturated rings. The van der Waals surface area contributed by atoms with E-state index in [1.807, 2.05) is 37.3 Å². The van der Waals surface area contributed by atoms with Crippen molar-refractivity contribution < 1.29 is 38.3 Å². The molecule has 7 amide bonds. The minimum absolute atomic E-state index is 0.0413. The van der Waals surface area contributed by atoms with Gasteiger partial charge in [0.2, 0.25) is 41.4 Å². The molecule has 0 bridgehead atoms. The lowest BCUT2D eigenvalue weighted by molar-refractivity contribution is -0.136. The molecule has 1 unspecified atom stereocenters. The van der Waals surface area contributed by atoms with Crippen molar-refractivity contribution in [3.8, 4) is 5.75 Å². The summed E-state index contributed by atoms with van der Waals surface area (Å²) in [4.78, 5) is 97.4. The molecule has 2 aromatic rings. The van der Waals surface area contributed by atoms with Gasteiger partial charge in [0, 0.05) is 47.6 Å². The monoisotopic (exact) mass is 980 g/mol. The van der Waals surface area contributed by atoms with E-state index in [1.54, 1.807) is 49.9 Å². The first-order valence-corrected chi connectivity index (χ1v) is 25.8. The van der Waals surface area contributed by atoms with E-state index in [0.717, 1.165) is 62.3 Å². The van der Waals surface area contributed by atoms with Crippen LogP contribution in [0.5, 0.6) is 5.75 Å². The smallest absolute Gasteiger partial charge is 0.243 e. The normalized spacial score (nSPS) is 22.8. The number of amides is 7. The summed E-state index contributed by atoms with van der Waals surface area (Å²) in [6, 6.07) is 10.2. The summed E-state index contributed by atoms with van der Waals surface area (Å²) in [6.45, 7) is 6.66. The molecule has 20 heteroatoms. The van der Waals surface area contributed by atoms with Gasteiger partial charge in [-0.25, -0.2) is 0 Å². The van der Waals surface area contributed by atoms with Crippen molar-refractivity contribution in [3.05, 3.63) is 65.7 Å². The van der Waals surface area contributed by atoms with Crippen molar-refractivity contribution in [2.24, 2.45) is 17.4 Å². The molecular formula is C48H72N10O8S2. The van der Waals surface area contributed by atoms with Gasteiger partial charge >= 0.3 is 0 Å². The Morgan fingerprint density at radius 2 is 1.43 bits per heavy atom. The number of nitrogens with two attached hydrogens (primary N) is 2. The van der Waals surface area contributed by atoms with Crippen LogP contribution in [0.2, 0.25) is 0 Å². The van der Waals surface area contributed by atoms with E-state index in [2.05, 4.69) is 37.2 Å². The lowest BCUT2D eigenvalue weighted by Gasteiger charge is -2.37. The number of rotatable bonds is 18. The quantitative estimate of drug-likeness (QED) is 0.0585. The predicted octanol–water partition coefficient (Wildman–Crippen LogP) is 2.17. The van der Waals surface area contributed by atoms with Crippen LogP contribution < -0.4 is 53.4 Å². The van der Waals surface area contributed by atoms with Crippen molar-refractivity contribution >= 4 is 71.1 Å². The Hall–Kier alpha value is -5.18. The maximum absolute atomic E-state index is 14.5. The first kappa shape index (κ1) is 55.4. The molecule has 0 aromatic heterocycles. The van der Waals surface area contributed by atoms with Crippen molar-refractivity contribution in [2.45, 2.75) is 139 Å². The van der Waals surface area contributed by atoms with Crippen LogP contribution in [-0.4, -0.2) is 119 Å². The topological polar surface area (TPSA) is 289 Å². The Morgan fingerprint density at radius 3 is 2.07 bits per heavy atom. The molecule has 1 saturated carbocycles. The largest absolute Gasteiger partial charge is 0.494 e. The third kappa shape index (κ3) is 19.1. The predicted molar refractivity (Wildman–Crippen MR) is 267 cm³/mol. The van der Waals surface area contributed by atoms with Gasteiger partial charge in [-0.1, -0.05) is 82.0 Å². The standard InChI is InChI=1S/C48H72N10O8S2/c1-4-66-34-18-16-33(17-19-34)25-35-44(62)55-36(24-32-14-8-5-9-15-32)46(64)58-42(31(2)3)47(65)56-37(26-40(51)59)45(63)57-38(43(61)53-23-13-7-12-22-52-39(50)28-49)29-67-30-68-48(27-41(60)54-35)20-10-6-11-21-48/h5,8-9,14-19,28,31,35-39,42,49,52H,4,6-7,10-13,20-27,29-30,50H2,1-3H3,(H2,51,59)(H,53,61)(H,54,60)(H,55,62)(H,56,65)(H,57,63)(H,58,64)/t35-,36-,37-,38-,39?,42+/m1/s1. The van der Waals surface area contributed by atoms with E-state index in [1.165, 1.54) is 11.8 Å². The summed E-state index contributed by atoms with van der Waals surface area (Å²) in [5.74, 6) is -4.29. The summed E-state index contributed by atoms with van der Waals surface area (Å²) < 4.78 is 5.16. The molecule has 18 nitrogen and oxygen atoms in total. The molecule has 68 heavy (non-hydrogen) atoms. The number of hydrogen-bond donors (Lipinski definition) is 10. The molecule has 2 aliphatic rings. The van der Waals surface area contributed by atoms with E-state index in [-0.39, 0.29) is 30.9 Å². The van der Waals surface area contributed by atoms with Crippen LogP contribution in [0.25, 0.3) is 0 Å². The van der Waals surface area contributed by atoms with Crippen LogP contribution in [0.15, 0.2) is 54.6 Å². The van der Waals surface area contributed by atoms with Crippen molar-refractivity contribution in [2.75, 3.05) is 30.5 Å². The van der Waals surface area contributed by atoms with Crippen LogP contribution in [-0.2, 0) is 46.4 Å². The lowest BCUT2D eigenvalue weighted by Crippen LogP contribution is -2.61. The molecular weight excluding hydrogens is 909 g/mol. The number of primary amides is 1. The van der Waals surface area contributed by atoms with Crippen LogP contribution in [0.1, 0.15) is 96.1 Å². The van der Waals surface area contributed by atoms with Crippen molar-refractivity contribution in [1.29, 1.82) is 5.41 Å². The summed E-state index contributed by atoms with van der Waals surface area (Å²) in [5.41, 5.74) is 12.8. The molecule has 1 aliphatic heterocycles. The Bertz CT molecular complexity index is 1970. The Kier molecular flexibility index (Phi) is 23.6. The van der Waals surface area contributed by atoms with E-state index < -0.39 is 88.9 Å². The van der Waals surface area contributed by atoms with Gasteiger partial charge in [-0.2, -0.15) is 0 Å². The summed E-state index contributed by atoms with van der Waals surface area (Å²) in [6.07, 6.45) is 6.80. The van der Waals surface area contributed by atoms with E-state index >= 15 is 0 Å².